The standard InChI is InChI=1S/C78H147N2O7P/c1-7-10-13-16-19-22-25-28-30-32-34-36-38-39-40-41-43-44-46-48-50-52-55-58-61-64-67-70-77(81)79-75(74-86-88(83,84)85-73-72-80(4,5)6)76(69-66-63-60-57-54-27-24-21-18-15-12-9-3)87-78(82)71-68-65-62-59-56-53-51-49-47-45-42-37-35-33-31-29-26-23-20-17-14-11-8-2/h19-20,22-23,28-31,66,69,75-76H,7-18,21,24-27,32-65,67-68,70-74H2,1-6H3,(H-,79,81,83,84)/b22-19-,23-20-,30-28-,31-29-,69-66-. The lowest BCUT2D eigenvalue weighted by molar-refractivity contribution is -0.870. The quantitative estimate of drug-likeness (QED) is 0.0212. The average molecular weight is 1260 g/mol. The molecular formula is C78H147N2O7P. The maximum atomic E-state index is 13.6. The third kappa shape index (κ3) is 68.1. The lowest BCUT2D eigenvalue weighted by Gasteiger charge is -2.30. The van der Waals surface area contributed by atoms with Crippen LogP contribution in [0.15, 0.2) is 60.8 Å². The van der Waals surface area contributed by atoms with Gasteiger partial charge in [-0.1, -0.05) is 326 Å². The number of rotatable bonds is 70. The highest BCUT2D eigenvalue weighted by molar-refractivity contribution is 7.45. The minimum absolute atomic E-state index is 0.0212. The second kappa shape index (κ2) is 67.6. The molecule has 0 aromatic rings. The molecule has 0 bridgehead atoms. The number of amides is 1. The molecule has 0 saturated heterocycles. The molecule has 3 unspecified atom stereocenters. The lowest BCUT2D eigenvalue weighted by atomic mass is 10.0. The van der Waals surface area contributed by atoms with E-state index < -0.39 is 20.0 Å². The molecule has 1 amide bonds. The van der Waals surface area contributed by atoms with E-state index in [9.17, 15) is 19.0 Å². The summed E-state index contributed by atoms with van der Waals surface area (Å²) in [5.74, 6) is -0.525. The molecule has 10 heteroatoms. The molecule has 0 spiro atoms. The van der Waals surface area contributed by atoms with Gasteiger partial charge in [0.25, 0.3) is 7.82 Å². The van der Waals surface area contributed by atoms with Crippen LogP contribution >= 0.6 is 7.82 Å². The number of nitrogens with one attached hydrogen (secondary N) is 1. The largest absolute Gasteiger partial charge is 0.756 e. The number of hydrogen-bond acceptors (Lipinski definition) is 7. The van der Waals surface area contributed by atoms with Crippen molar-refractivity contribution in [2.75, 3.05) is 40.9 Å². The van der Waals surface area contributed by atoms with Crippen LogP contribution in [0, 0.1) is 0 Å². The zero-order chi connectivity index (χ0) is 64.2. The molecule has 0 rings (SSSR count). The number of nitrogens with zero attached hydrogens (tertiary/aromatic N) is 1. The van der Waals surface area contributed by atoms with Crippen molar-refractivity contribution in [1.29, 1.82) is 0 Å². The Kier molecular flexibility index (Phi) is 65.8. The van der Waals surface area contributed by atoms with E-state index in [-0.39, 0.29) is 31.5 Å². The minimum atomic E-state index is -4.71. The number of carbonyl (C=O) groups excluding carboxylic acids is 2. The summed E-state index contributed by atoms with van der Waals surface area (Å²) in [4.78, 5) is 40.3. The molecule has 0 aromatic carbocycles. The van der Waals surface area contributed by atoms with Gasteiger partial charge in [0.2, 0.25) is 5.91 Å². The predicted molar refractivity (Wildman–Crippen MR) is 381 cm³/mol. The highest BCUT2D eigenvalue weighted by Gasteiger charge is 2.27. The number of allylic oxidation sites excluding steroid dienone is 9. The fourth-order valence-electron chi connectivity index (χ4n) is 11.3. The number of quaternary nitrogens is 1. The minimum Gasteiger partial charge on any atom is -0.756 e. The Morgan fingerprint density at radius 1 is 0.398 bits per heavy atom. The number of unbranched alkanes of at least 4 members (excludes halogenated alkanes) is 46. The SMILES string of the molecule is CCCCC/C=C\C/C=C\CCCCCCCCCCCCCCCCCCCC(=O)NC(COP(=O)([O-])OCC[N+](C)(C)C)C(/C=C\CCCCCCCCCCCC)OC(=O)CCCCCCCCCCCCCCC/C=C\C/C=C\CCCCC. The molecule has 0 saturated carbocycles. The molecule has 0 aliphatic carbocycles. The van der Waals surface area contributed by atoms with Crippen molar-refractivity contribution < 1.29 is 37.3 Å². The third-order valence-electron chi connectivity index (χ3n) is 17.2. The number of phosphoric acid groups is 1. The first kappa shape index (κ1) is 85.7. The van der Waals surface area contributed by atoms with Crippen molar-refractivity contribution in [3.63, 3.8) is 0 Å². The summed E-state index contributed by atoms with van der Waals surface area (Å²) in [7, 11) is 1.20. The molecule has 0 aliphatic heterocycles. The number of likely N-dealkylation sites (N-methyl/N-ethyl adjacent to an activating group) is 1. The van der Waals surface area contributed by atoms with Crippen LogP contribution in [-0.4, -0.2) is 69.4 Å². The van der Waals surface area contributed by atoms with E-state index in [4.69, 9.17) is 13.8 Å². The van der Waals surface area contributed by atoms with Crippen LogP contribution in [0.4, 0.5) is 0 Å². The van der Waals surface area contributed by atoms with E-state index in [1.165, 1.54) is 270 Å². The van der Waals surface area contributed by atoms with Gasteiger partial charge in [0, 0.05) is 12.8 Å². The van der Waals surface area contributed by atoms with Crippen molar-refractivity contribution in [3.05, 3.63) is 60.8 Å². The number of carbonyl (C=O) groups is 2. The Hall–Kier alpha value is -2.29. The number of esters is 1. The zero-order valence-electron chi connectivity index (χ0n) is 59.2. The molecule has 88 heavy (non-hydrogen) atoms. The second-order valence-corrected chi connectivity index (χ2v) is 28.6. The molecule has 1 N–H and O–H groups in total. The van der Waals surface area contributed by atoms with Gasteiger partial charge >= 0.3 is 5.97 Å². The van der Waals surface area contributed by atoms with E-state index in [2.05, 4.69) is 74.7 Å². The molecule has 3 atom stereocenters. The Labute approximate surface area is 547 Å². The molecule has 0 fully saturated rings. The maximum Gasteiger partial charge on any atom is 0.306 e. The van der Waals surface area contributed by atoms with Crippen LogP contribution < -0.4 is 10.2 Å². The topological polar surface area (TPSA) is 114 Å². The van der Waals surface area contributed by atoms with Crippen LogP contribution in [0.3, 0.4) is 0 Å². The zero-order valence-corrected chi connectivity index (χ0v) is 60.1. The van der Waals surface area contributed by atoms with Crippen molar-refractivity contribution in [2.45, 2.75) is 386 Å². The summed E-state index contributed by atoms with van der Waals surface area (Å²) >= 11 is 0. The summed E-state index contributed by atoms with van der Waals surface area (Å²) in [6.07, 6.45) is 87.8. The van der Waals surface area contributed by atoms with E-state index in [0.717, 1.165) is 70.6 Å². The molecule has 516 valence electrons. The summed E-state index contributed by atoms with van der Waals surface area (Å²) in [6.45, 7) is 6.85. The molecule has 9 nitrogen and oxygen atoms in total. The van der Waals surface area contributed by atoms with E-state index in [0.29, 0.717) is 17.4 Å². The molecule has 0 aliphatic rings. The van der Waals surface area contributed by atoms with Crippen LogP contribution in [0.5, 0.6) is 0 Å². The summed E-state index contributed by atoms with van der Waals surface area (Å²) in [6, 6.07) is -0.889. The van der Waals surface area contributed by atoms with E-state index in [1.54, 1.807) is 0 Å². The maximum absolute atomic E-state index is 13.6. The highest BCUT2D eigenvalue weighted by Crippen LogP contribution is 2.38. The third-order valence-corrected chi connectivity index (χ3v) is 18.1. The van der Waals surface area contributed by atoms with E-state index in [1.807, 2.05) is 33.3 Å². The van der Waals surface area contributed by atoms with Gasteiger partial charge in [0.05, 0.1) is 33.8 Å². The smallest absolute Gasteiger partial charge is 0.306 e. The van der Waals surface area contributed by atoms with Crippen LogP contribution in [0.1, 0.15) is 374 Å². The Morgan fingerprint density at radius 3 is 1.05 bits per heavy atom. The number of phosphoric ester groups is 1. The van der Waals surface area contributed by atoms with Gasteiger partial charge < -0.3 is 28.5 Å². The van der Waals surface area contributed by atoms with Crippen molar-refractivity contribution in [1.82, 2.24) is 5.32 Å². The lowest BCUT2D eigenvalue weighted by Crippen LogP contribution is -2.47. The fourth-order valence-corrected chi connectivity index (χ4v) is 12.0. The first-order valence-electron chi connectivity index (χ1n) is 38.1. The van der Waals surface area contributed by atoms with Gasteiger partial charge in [-0.15, -0.1) is 0 Å². The van der Waals surface area contributed by atoms with Crippen LogP contribution in [-0.2, 0) is 27.9 Å². The summed E-state index contributed by atoms with van der Waals surface area (Å²) in [5, 5.41) is 3.05. The van der Waals surface area contributed by atoms with Crippen molar-refractivity contribution in [2.24, 2.45) is 0 Å². The van der Waals surface area contributed by atoms with Crippen LogP contribution in [0.2, 0.25) is 0 Å². The first-order valence-corrected chi connectivity index (χ1v) is 39.6. The number of ether oxygens (including phenoxy) is 1. The monoisotopic (exact) mass is 1260 g/mol. The second-order valence-electron chi connectivity index (χ2n) is 27.1. The molecular weight excluding hydrogens is 1110 g/mol. The van der Waals surface area contributed by atoms with Crippen molar-refractivity contribution in [3.8, 4) is 0 Å². The molecule has 0 heterocycles. The van der Waals surface area contributed by atoms with Gasteiger partial charge in [-0.25, -0.2) is 0 Å². The van der Waals surface area contributed by atoms with Gasteiger partial charge in [-0.05, 0) is 96.0 Å². The molecule has 0 radical (unpaired) electrons. The Bertz CT molecular complexity index is 1690. The van der Waals surface area contributed by atoms with Crippen molar-refractivity contribution >= 4 is 19.7 Å². The summed E-state index contributed by atoms with van der Waals surface area (Å²) < 4.78 is 30.5. The Morgan fingerprint density at radius 2 is 0.693 bits per heavy atom. The predicted octanol–water partition coefficient (Wildman–Crippen LogP) is 23.9. The molecule has 0 aromatic heterocycles. The van der Waals surface area contributed by atoms with Gasteiger partial charge in [-0.2, -0.15) is 0 Å². The van der Waals surface area contributed by atoms with Gasteiger partial charge in [0.1, 0.15) is 19.3 Å². The van der Waals surface area contributed by atoms with Crippen LogP contribution in [0.25, 0.3) is 0 Å². The average Bonchev–Trinajstić information content (AvgIpc) is 3.66. The Balaban J connectivity index is 4.95. The highest BCUT2D eigenvalue weighted by atomic mass is 31.2. The van der Waals surface area contributed by atoms with Gasteiger partial charge in [0.15, 0.2) is 0 Å². The summed E-state index contributed by atoms with van der Waals surface area (Å²) in [5.41, 5.74) is 0. The van der Waals surface area contributed by atoms with Gasteiger partial charge in [-0.3, -0.25) is 14.2 Å². The number of hydrogen-bond donors (Lipinski definition) is 1. The first-order chi connectivity index (χ1) is 42.9. The normalized spacial score (nSPS) is 13.8. The fraction of sp³-hybridized carbons (Fsp3) is 0.846. The van der Waals surface area contributed by atoms with E-state index >= 15 is 0 Å².